The largest absolute Gasteiger partial charge is 0.379 e. The van der Waals surface area contributed by atoms with Crippen molar-refractivity contribution >= 4 is 5.91 Å². The molecule has 3 heterocycles. The quantitative estimate of drug-likeness (QED) is 0.834. The Labute approximate surface area is 133 Å². The second-order valence-electron chi connectivity index (χ2n) is 5.59. The van der Waals surface area contributed by atoms with Gasteiger partial charge >= 0.3 is 0 Å². The second-order valence-corrected chi connectivity index (χ2v) is 5.59. The van der Waals surface area contributed by atoms with E-state index >= 15 is 0 Å². The summed E-state index contributed by atoms with van der Waals surface area (Å²) < 4.78 is 7.21. The first kappa shape index (κ1) is 15.4. The van der Waals surface area contributed by atoms with Crippen molar-refractivity contribution in [2.75, 3.05) is 26.3 Å². The van der Waals surface area contributed by atoms with Crippen LogP contribution in [0.5, 0.6) is 0 Å². The Hall–Kier alpha value is -2.48. The first-order chi connectivity index (χ1) is 11.2. The van der Waals surface area contributed by atoms with Crippen LogP contribution in [0.15, 0.2) is 35.6 Å². The normalized spacial score (nSPS) is 18.6. The molecule has 122 valence electrons. The lowest BCUT2D eigenvalue weighted by Crippen LogP contribution is -2.38. The fourth-order valence-electron chi connectivity index (χ4n) is 2.68. The highest BCUT2D eigenvalue weighted by Gasteiger charge is 2.23. The van der Waals surface area contributed by atoms with Gasteiger partial charge in [0.05, 0.1) is 19.5 Å². The summed E-state index contributed by atoms with van der Waals surface area (Å²) in [6, 6.07) is 3.28. The lowest BCUT2D eigenvalue weighted by molar-refractivity contribution is -0.132. The number of aromatic nitrogens is 4. The molecule has 2 aromatic heterocycles. The highest BCUT2D eigenvalue weighted by atomic mass is 16.5. The van der Waals surface area contributed by atoms with Gasteiger partial charge in [-0.05, 0) is 12.5 Å². The number of ether oxygens (including phenoxy) is 1. The predicted molar refractivity (Wildman–Crippen MR) is 81.7 cm³/mol. The molecule has 0 saturated carbocycles. The fraction of sp³-hybridized carbons (Fsp3) is 0.467. The van der Waals surface area contributed by atoms with Crippen molar-refractivity contribution in [3.8, 4) is 0 Å². The van der Waals surface area contributed by atoms with Gasteiger partial charge < -0.3 is 14.6 Å². The fourth-order valence-corrected chi connectivity index (χ4v) is 2.68. The minimum Gasteiger partial charge on any atom is -0.379 e. The van der Waals surface area contributed by atoms with Crippen molar-refractivity contribution in [1.82, 2.24) is 24.6 Å². The third kappa shape index (κ3) is 4.26. The summed E-state index contributed by atoms with van der Waals surface area (Å²) in [5, 5.41) is 4.06. The lowest BCUT2D eigenvalue weighted by atomic mass is 10.0. The van der Waals surface area contributed by atoms with Crippen molar-refractivity contribution in [1.29, 1.82) is 0 Å². The summed E-state index contributed by atoms with van der Waals surface area (Å²) in [5.74, 6) is 0.136. The van der Waals surface area contributed by atoms with Gasteiger partial charge in [-0.1, -0.05) is 0 Å². The molecular formula is C15H19N5O3. The molecule has 2 aromatic rings. The molecule has 1 atom stereocenters. The predicted octanol–water partition coefficient (Wildman–Crippen LogP) is -0.316. The summed E-state index contributed by atoms with van der Waals surface area (Å²) in [6.45, 7) is 2.46. The molecule has 1 fully saturated rings. The monoisotopic (exact) mass is 317 g/mol. The number of nitrogens with one attached hydrogen (secondary N) is 1. The van der Waals surface area contributed by atoms with E-state index in [4.69, 9.17) is 4.74 Å². The molecule has 0 spiro atoms. The SMILES string of the molecule is O=C(Cn1cccn1)N1CCOC[C@@H](Cc2cc(=O)[nH]cn2)C1. The van der Waals surface area contributed by atoms with E-state index in [0.717, 1.165) is 0 Å². The summed E-state index contributed by atoms with van der Waals surface area (Å²) in [4.78, 5) is 32.2. The zero-order valence-electron chi connectivity index (χ0n) is 12.7. The van der Waals surface area contributed by atoms with Crippen LogP contribution in [0.3, 0.4) is 0 Å². The number of hydrogen-bond donors (Lipinski definition) is 1. The number of H-pyrrole nitrogens is 1. The number of nitrogens with zero attached hydrogens (tertiary/aromatic N) is 4. The second kappa shape index (κ2) is 7.19. The van der Waals surface area contributed by atoms with Crippen LogP contribution < -0.4 is 5.56 Å². The molecule has 0 unspecified atom stereocenters. The maximum Gasteiger partial charge on any atom is 0.250 e. The Morgan fingerprint density at radius 3 is 3.17 bits per heavy atom. The van der Waals surface area contributed by atoms with E-state index in [-0.39, 0.29) is 23.9 Å². The number of amides is 1. The summed E-state index contributed by atoms with van der Waals surface area (Å²) in [6.07, 6.45) is 5.43. The molecule has 0 aromatic carbocycles. The average Bonchev–Trinajstić information content (AvgIpc) is 2.92. The minimum absolute atomic E-state index is 0.0167. The van der Waals surface area contributed by atoms with Crippen LogP contribution in [-0.2, 0) is 22.5 Å². The average molecular weight is 317 g/mol. The van der Waals surface area contributed by atoms with Crippen LogP contribution in [0.25, 0.3) is 0 Å². The molecule has 23 heavy (non-hydrogen) atoms. The van der Waals surface area contributed by atoms with Gasteiger partial charge in [0, 0.05) is 43.2 Å². The van der Waals surface area contributed by atoms with Crippen molar-refractivity contribution in [2.24, 2.45) is 5.92 Å². The third-order valence-corrected chi connectivity index (χ3v) is 3.78. The molecule has 8 nitrogen and oxygen atoms in total. The minimum atomic E-state index is -0.170. The van der Waals surface area contributed by atoms with Crippen molar-refractivity contribution in [3.63, 3.8) is 0 Å². The van der Waals surface area contributed by atoms with Gasteiger partial charge in [-0.15, -0.1) is 0 Å². The maximum absolute atomic E-state index is 12.4. The number of rotatable bonds is 4. The number of carbonyl (C=O) groups excluding carboxylic acids is 1. The summed E-state index contributed by atoms with van der Waals surface area (Å²) in [5.41, 5.74) is 0.542. The molecule has 1 aliphatic heterocycles. The van der Waals surface area contributed by atoms with E-state index in [2.05, 4.69) is 15.1 Å². The highest BCUT2D eigenvalue weighted by molar-refractivity contribution is 5.75. The standard InChI is InChI=1S/C15H19N5O3/c21-14-7-13(16-11-17-14)6-12-8-19(4-5-23-10-12)15(22)9-20-3-1-2-18-20/h1-3,7,11-12H,4-6,8-10H2,(H,16,17,21)/t12-/m0/s1. The van der Waals surface area contributed by atoms with E-state index in [9.17, 15) is 9.59 Å². The van der Waals surface area contributed by atoms with E-state index in [1.165, 1.54) is 12.4 Å². The van der Waals surface area contributed by atoms with E-state index in [1.54, 1.807) is 28.0 Å². The molecule has 3 rings (SSSR count). The van der Waals surface area contributed by atoms with E-state index < -0.39 is 0 Å². The maximum atomic E-state index is 12.4. The lowest BCUT2D eigenvalue weighted by Gasteiger charge is -2.23. The molecule has 1 N–H and O–H groups in total. The van der Waals surface area contributed by atoms with Crippen LogP contribution in [0, 0.1) is 5.92 Å². The molecule has 0 radical (unpaired) electrons. The van der Waals surface area contributed by atoms with Crippen LogP contribution in [0.4, 0.5) is 0 Å². The molecular weight excluding hydrogens is 298 g/mol. The van der Waals surface area contributed by atoms with Gasteiger partial charge in [0.1, 0.15) is 6.54 Å². The Balaban J connectivity index is 1.63. The summed E-state index contributed by atoms with van der Waals surface area (Å²) in [7, 11) is 0. The van der Waals surface area contributed by atoms with Crippen molar-refractivity contribution in [2.45, 2.75) is 13.0 Å². The number of carbonyl (C=O) groups is 1. The van der Waals surface area contributed by atoms with Crippen LogP contribution in [0.2, 0.25) is 0 Å². The highest BCUT2D eigenvalue weighted by Crippen LogP contribution is 2.12. The zero-order valence-corrected chi connectivity index (χ0v) is 12.7. The van der Waals surface area contributed by atoms with Crippen LogP contribution in [-0.4, -0.2) is 56.9 Å². The summed E-state index contributed by atoms with van der Waals surface area (Å²) >= 11 is 0. The van der Waals surface area contributed by atoms with Gasteiger partial charge in [-0.3, -0.25) is 14.3 Å². The molecule has 0 aliphatic carbocycles. The Morgan fingerprint density at radius 2 is 2.39 bits per heavy atom. The topological polar surface area (TPSA) is 93.1 Å². The van der Waals surface area contributed by atoms with Gasteiger partial charge in [0.2, 0.25) is 5.91 Å². The number of aromatic amines is 1. The molecule has 1 amide bonds. The van der Waals surface area contributed by atoms with Crippen LogP contribution in [0.1, 0.15) is 5.69 Å². The Bertz CT molecular complexity index is 697. The molecule has 1 aliphatic rings. The number of hydrogen-bond acceptors (Lipinski definition) is 5. The van der Waals surface area contributed by atoms with Gasteiger partial charge in [-0.2, -0.15) is 5.10 Å². The molecule has 1 saturated heterocycles. The Kier molecular flexibility index (Phi) is 4.82. The Morgan fingerprint density at radius 1 is 1.48 bits per heavy atom. The van der Waals surface area contributed by atoms with E-state index in [1.807, 2.05) is 0 Å². The molecule has 8 heteroatoms. The van der Waals surface area contributed by atoms with Gasteiger partial charge in [0.15, 0.2) is 0 Å². The third-order valence-electron chi connectivity index (χ3n) is 3.78. The smallest absolute Gasteiger partial charge is 0.250 e. The molecule has 0 bridgehead atoms. The van der Waals surface area contributed by atoms with E-state index in [0.29, 0.717) is 38.4 Å². The first-order valence-corrected chi connectivity index (χ1v) is 7.57. The zero-order chi connectivity index (χ0) is 16.1. The van der Waals surface area contributed by atoms with Gasteiger partial charge in [-0.25, -0.2) is 4.98 Å². The van der Waals surface area contributed by atoms with Crippen LogP contribution >= 0.6 is 0 Å². The van der Waals surface area contributed by atoms with Gasteiger partial charge in [0.25, 0.3) is 5.56 Å². The van der Waals surface area contributed by atoms with Crippen molar-refractivity contribution < 1.29 is 9.53 Å². The first-order valence-electron chi connectivity index (χ1n) is 7.57. The van der Waals surface area contributed by atoms with Crippen molar-refractivity contribution in [3.05, 3.63) is 46.9 Å².